The maximum atomic E-state index is 7.72. The number of halogens is 1. The molecule has 0 aliphatic rings. The summed E-state index contributed by atoms with van der Waals surface area (Å²) in [4.78, 5) is 0. The predicted octanol–water partition coefficient (Wildman–Crippen LogP) is 5.20. The molecule has 0 aliphatic carbocycles. The first kappa shape index (κ1) is 16.0. The van der Waals surface area contributed by atoms with E-state index in [1.165, 1.54) is 0 Å². The zero-order chi connectivity index (χ0) is 16.2. The molecule has 0 aromatic heterocycles. The Kier molecular flexibility index (Phi) is 4.39. The fraction of sp³-hybridized carbons (Fsp3) is 0.0476. The van der Waals surface area contributed by atoms with Crippen molar-refractivity contribution in [1.82, 2.24) is 0 Å². The van der Waals surface area contributed by atoms with Gasteiger partial charge in [-0.1, -0.05) is 0 Å². The molecular weight excluding hydrogens is 319 g/mol. The van der Waals surface area contributed by atoms with Gasteiger partial charge >= 0.3 is 143 Å². The summed E-state index contributed by atoms with van der Waals surface area (Å²) in [5, 5.41) is 3.49. The third-order valence-corrected chi connectivity index (χ3v) is 11.1. The fourth-order valence-corrected chi connectivity index (χ4v) is 8.73. The second kappa shape index (κ2) is 6.32. The Hall–Kier alpha value is -1.88. The van der Waals surface area contributed by atoms with Gasteiger partial charge in [0.25, 0.3) is 0 Å². The van der Waals surface area contributed by atoms with Crippen molar-refractivity contribution in [2.45, 2.75) is 6.92 Å². The van der Waals surface area contributed by atoms with Gasteiger partial charge in [-0.05, 0) is 0 Å². The van der Waals surface area contributed by atoms with Gasteiger partial charge in [-0.15, -0.1) is 0 Å². The second-order valence-electron chi connectivity index (χ2n) is 5.56. The summed E-state index contributed by atoms with van der Waals surface area (Å²) in [7, 11) is 0. The van der Waals surface area contributed by atoms with Gasteiger partial charge in [-0.2, -0.15) is 0 Å². The SMILES string of the molecule is C/C=C/P(Cl)(c1ccccc1)(c1ccccc1)c1ccccc1. The second-order valence-corrected chi connectivity index (χ2v) is 11.7. The first-order valence-electron chi connectivity index (χ1n) is 7.74. The van der Waals surface area contributed by atoms with Crippen molar-refractivity contribution in [3.8, 4) is 0 Å². The van der Waals surface area contributed by atoms with Crippen LogP contribution in [0.1, 0.15) is 6.92 Å². The zero-order valence-corrected chi connectivity index (χ0v) is 14.8. The van der Waals surface area contributed by atoms with Crippen molar-refractivity contribution in [1.29, 1.82) is 0 Å². The average Bonchev–Trinajstić information content (AvgIpc) is 2.64. The molecule has 0 spiro atoms. The summed E-state index contributed by atoms with van der Waals surface area (Å²) < 4.78 is 0. The van der Waals surface area contributed by atoms with Crippen LogP contribution in [0.2, 0.25) is 0 Å². The minimum absolute atomic E-state index is 1.16. The summed E-state index contributed by atoms with van der Waals surface area (Å²) in [5.41, 5.74) is 0. The number of rotatable bonds is 4. The number of hydrogen-bond donors (Lipinski definition) is 0. The van der Waals surface area contributed by atoms with Gasteiger partial charge in [-0.25, -0.2) is 0 Å². The Bertz CT molecular complexity index is 696. The van der Waals surface area contributed by atoms with Crippen molar-refractivity contribution in [2.75, 3.05) is 0 Å². The van der Waals surface area contributed by atoms with Crippen LogP contribution in [-0.2, 0) is 0 Å². The van der Waals surface area contributed by atoms with Crippen LogP contribution < -0.4 is 15.9 Å². The van der Waals surface area contributed by atoms with Crippen molar-refractivity contribution < 1.29 is 0 Å². The van der Waals surface area contributed by atoms with Crippen molar-refractivity contribution in [3.63, 3.8) is 0 Å². The van der Waals surface area contributed by atoms with Crippen LogP contribution in [0, 0.1) is 0 Å². The zero-order valence-electron chi connectivity index (χ0n) is 13.1. The van der Waals surface area contributed by atoms with Gasteiger partial charge in [0.15, 0.2) is 0 Å². The topological polar surface area (TPSA) is 0 Å². The Morgan fingerprint density at radius 2 is 0.913 bits per heavy atom. The molecule has 0 saturated carbocycles. The van der Waals surface area contributed by atoms with E-state index in [1.807, 2.05) is 25.1 Å². The van der Waals surface area contributed by atoms with E-state index in [0.29, 0.717) is 0 Å². The van der Waals surface area contributed by atoms with Gasteiger partial charge in [0, 0.05) is 0 Å². The molecular formula is C21H20ClP. The first-order valence-corrected chi connectivity index (χ1v) is 11.0. The molecule has 0 aliphatic heterocycles. The summed E-state index contributed by atoms with van der Waals surface area (Å²) in [5.74, 6) is -0.922. The minimum atomic E-state index is -3.14. The van der Waals surface area contributed by atoms with Gasteiger partial charge in [0.05, 0.1) is 0 Å². The van der Waals surface area contributed by atoms with Gasteiger partial charge in [0.1, 0.15) is 0 Å². The summed E-state index contributed by atoms with van der Waals surface area (Å²) in [6.07, 6.45) is 2.08. The Balaban J connectivity index is 2.46. The van der Waals surface area contributed by atoms with Crippen LogP contribution in [-0.4, -0.2) is 0 Å². The van der Waals surface area contributed by atoms with Crippen LogP contribution in [0.5, 0.6) is 0 Å². The van der Waals surface area contributed by atoms with Crippen LogP contribution >= 0.6 is 17.2 Å². The van der Waals surface area contributed by atoms with Gasteiger partial charge in [-0.3, -0.25) is 0 Å². The number of benzene rings is 3. The predicted molar refractivity (Wildman–Crippen MR) is 106 cm³/mol. The van der Waals surface area contributed by atoms with Crippen molar-refractivity contribution in [3.05, 3.63) is 103 Å². The van der Waals surface area contributed by atoms with Crippen molar-refractivity contribution in [2.24, 2.45) is 0 Å². The van der Waals surface area contributed by atoms with E-state index in [-0.39, 0.29) is 0 Å². The molecule has 0 heterocycles. The van der Waals surface area contributed by atoms with Crippen LogP contribution in [0.3, 0.4) is 0 Å². The molecule has 0 nitrogen and oxygen atoms in total. The van der Waals surface area contributed by atoms with Crippen LogP contribution in [0.4, 0.5) is 0 Å². The van der Waals surface area contributed by atoms with E-state index in [2.05, 4.69) is 84.7 Å². The van der Waals surface area contributed by atoms with E-state index < -0.39 is 5.96 Å². The molecule has 0 unspecified atom stereocenters. The third kappa shape index (κ3) is 2.53. The van der Waals surface area contributed by atoms with Crippen molar-refractivity contribution >= 4 is 33.1 Å². The van der Waals surface area contributed by atoms with Crippen LogP contribution in [0.15, 0.2) is 103 Å². The van der Waals surface area contributed by atoms with Gasteiger partial charge in [0.2, 0.25) is 0 Å². The molecule has 0 atom stereocenters. The molecule has 3 rings (SSSR count). The molecule has 0 bridgehead atoms. The standard InChI is InChI=1S/C21H20ClP/c1-2-18-23(22,19-12-6-3-7-13-19,20-14-8-4-9-15-20)21-16-10-5-11-17-21/h2-18H,1H3/b18-2+. The monoisotopic (exact) mass is 338 g/mol. The summed E-state index contributed by atoms with van der Waals surface area (Å²) in [6.45, 7) is 2.04. The van der Waals surface area contributed by atoms with E-state index in [9.17, 15) is 0 Å². The Morgan fingerprint density at radius 1 is 0.609 bits per heavy atom. The van der Waals surface area contributed by atoms with E-state index in [4.69, 9.17) is 11.2 Å². The number of hydrogen-bond acceptors (Lipinski definition) is 0. The molecule has 2 heteroatoms. The van der Waals surface area contributed by atoms with E-state index in [1.54, 1.807) is 0 Å². The Labute approximate surface area is 143 Å². The number of allylic oxidation sites excluding steroid dienone is 1. The molecule has 0 N–H and O–H groups in total. The maximum absolute atomic E-state index is 7.72. The molecule has 0 amide bonds. The average molecular weight is 339 g/mol. The summed E-state index contributed by atoms with van der Waals surface area (Å²) >= 11 is 7.72. The normalized spacial score (nSPS) is 13.6. The van der Waals surface area contributed by atoms with Crippen LogP contribution in [0.25, 0.3) is 0 Å². The molecule has 0 saturated heterocycles. The summed E-state index contributed by atoms with van der Waals surface area (Å²) in [6, 6.07) is 31.4. The fourth-order valence-electron chi connectivity index (χ4n) is 3.14. The van der Waals surface area contributed by atoms with E-state index in [0.717, 1.165) is 15.9 Å². The quantitative estimate of drug-likeness (QED) is 0.573. The molecule has 116 valence electrons. The Morgan fingerprint density at radius 3 is 1.17 bits per heavy atom. The first-order chi connectivity index (χ1) is 11.2. The van der Waals surface area contributed by atoms with E-state index >= 15 is 0 Å². The molecule has 3 aromatic carbocycles. The van der Waals surface area contributed by atoms with Gasteiger partial charge < -0.3 is 0 Å². The molecule has 0 radical (unpaired) electrons. The third-order valence-electron chi connectivity index (χ3n) is 4.21. The molecule has 3 aromatic rings. The molecule has 0 fully saturated rings. The molecule has 23 heavy (non-hydrogen) atoms.